The number of nitrogens with zero attached hydrogens (tertiary/aromatic N) is 2. The highest BCUT2D eigenvalue weighted by atomic mass is 32.1. The summed E-state index contributed by atoms with van der Waals surface area (Å²) in [6, 6.07) is 0. The second kappa shape index (κ2) is 4.29. The third-order valence-corrected chi connectivity index (χ3v) is 4.94. The summed E-state index contributed by atoms with van der Waals surface area (Å²) in [5, 5.41) is 8.76. The molecule has 0 radical (unpaired) electrons. The molecule has 0 aromatic carbocycles. The highest BCUT2D eigenvalue weighted by molar-refractivity contribution is 7.15. The molecule has 0 spiro atoms. The molecule has 3 N–H and O–H groups in total. The molecule has 0 amide bonds. The summed E-state index contributed by atoms with van der Waals surface area (Å²) in [7, 11) is 0. The SMILES string of the molecule is Cc1nc(N2CCC(C)(C(=N)N)CC2)sc1C. The van der Waals surface area contributed by atoms with E-state index in [0.29, 0.717) is 5.84 Å². The van der Waals surface area contributed by atoms with Gasteiger partial charge in [-0.05, 0) is 26.7 Å². The fourth-order valence-electron chi connectivity index (χ4n) is 2.05. The lowest BCUT2D eigenvalue weighted by atomic mass is 9.79. The van der Waals surface area contributed by atoms with Gasteiger partial charge in [-0.15, -0.1) is 11.3 Å². The number of hydrogen-bond acceptors (Lipinski definition) is 4. The molecule has 0 aliphatic carbocycles. The molecular weight excluding hydrogens is 232 g/mol. The van der Waals surface area contributed by atoms with Gasteiger partial charge < -0.3 is 10.6 Å². The Kier molecular flexibility index (Phi) is 3.12. The Morgan fingerprint density at radius 3 is 2.41 bits per heavy atom. The van der Waals surface area contributed by atoms with E-state index in [9.17, 15) is 0 Å². The van der Waals surface area contributed by atoms with E-state index in [1.54, 1.807) is 11.3 Å². The number of amidine groups is 1. The number of piperidine rings is 1. The summed E-state index contributed by atoms with van der Waals surface area (Å²) in [6.07, 6.45) is 1.89. The molecule has 4 nitrogen and oxygen atoms in total. The average molecular weight is 252 g/mol. The summed E-state index contributed by atoms with van der Waals surface area (Å²) in [6.45, 7) is 8.15. The highest BCUT2D eigenvalue weighted by Gasteiger charge is 2.33. The molecule has 1 fully saturated rings. The average Bonchev–Trinajstić information content (AvgIpc) is 2.60. The van der Waals surface area contributed by atoms with Gasteiger partial charge in [-0.3, -0.25) is 5.41 Å². The van der Waals surface area contributed by atoms with Crippen LogP contribution in [0.4, 0.5) is 5.13 Å². The molecule has 17 heavy (non-hydrogen) atoms. The lowest BCUT2D eigenvalue weighted by Gasteiger charge is -2.38. The maximum atomic E-state index is 7.64. The Morgan fingerprint density at radius 2 is 2.00 bits per heavy atom. The molecule has 1 aromatic rings. The fraction of sp³-hybridized carbons (Fsp3) is 0.667. The van der Waals surface area contributed by atoms with Crippen LogP contribution in [0.3, 0.4) is 0 Å². The Morgan fingerprint density at radius 1 is 1.41 bits per heavy atom. The predicted octanol–water partition coefficient (Wildman–Crippen LogP) is 2.30. The van der Waals surface area contributed by atoms with Crippen LogP contribution in [0.1, 0.15) is 30.3 Å². The van der Waals surface area contributed by atoms with Crippen LogP contribution in [-0.2, 0) is 0 Å². The van der Waals surface area contributed by atoms with Crippen molar-refractivity contribution in [2.24, 2.45) is 11.1 Å². The summed E-state index contributed by atoms with van der Waals surface area (Å²) in [4.78, 5) is 8.19. The van der Waals surface area contributed by atoms with Crippen LogP contribution in [0.2, 0.25) is 0 Å². The van der Waals surface area contributed by atoms with Crippen molar-refractivity contribution < 1.29 is 0 Å². The minimum Gasteiger partial charge on any atom is -0.387 e. The first-order chi connectivity index (χ1) is 7.92. The smallest absolute Gasteiger partial charge is 0.185 e. The first kappa shape index (κ1) is 12.4. The summed E-state index contributed by atoms with van der Waals surface area (Å²) >= 11 is 1.76. The Hall–Kier alpha value is -1.10. The molecule has 0 unspecified atom stereocenters. The van der Waals surface area contributed by atoms with E-state index in [-0.39, 0.29) is 5.41 Å². The van der Waals surface area contributed by atoms with E-state index < -0.39 is 0 Å². The molecule has 1 saturated heterocycles. The third-order valence-electron chi connectivity index (χ3n) is 3.80. The van der Waals surface area contributed by atoms with Crippen LogP contribution in [-0.4, -0.2) is 23.9 Å². The first-order valence-corrected chi connectivity index (χ1v) is 6.77. The van der Waals surface area contributed by atoms with Crippen LogP contribution < -0.4 is 10.6 Å². The minimum atomic E-state index is -0.113. The molecule has 1 aromatic heterocycles. The second-order valence-electron chi connectivity index (χ2n) is 5.10. The van der Waals surface area contributed by atoms with Crippen LogP contribution in [0, 0.1) is 24.7 Å². The number of aromatic nitrogens is 1. The van der Waals surface area contributed by atoms with Gasteiger partial charge in [0.25, 0.3) is 0 Å². The molecule has 0 saturated carbocycles. The molecule has 94 valence electrons. The monoisotopic (exact) mass is 252 g/mol. The topological polar surface area (TPSA) is 66.0 Å². The molecule has 0 bridgehead atoms. The standard InChI is InChI=1S/C12H20N4S/c1-8-9(2)17-11(15-8)16-6-4-12(3,5-7-16)10(13)14/h4-7H2,1-3H3,(H3,13,14). The van der Waals surface area contributed by atoms with Crippen LogP contribution in [0.5, 0.6) is 0 Å². The minimum absolute atomic E-state index is 0.113. The molecule has 1 aliphatic heterocycles. The maximum Gasteiger partial charge on any atom is 0.185 e. The van der Waals surface area contributed by atoms with Crippen LogP contribution in [0.25, 0.3) is 0 Å². The van der Waals surface area contributed by atoms with Crippen molar-refractivity contribution in [2.75, 3.05) is 18.0 Å². The van der Waals surface area contributed by atoms with E-state index in [2.05, 4.69) is 30.7 Å². The van der Waals surface area contributed by atoms with Crippen molar-refractivity contribution >= 4 is 22.3 Å². The molecule has 0 atom stereocenters. The van der Waals surface area contributed by atoms with E-state index in [1.807, 2.05) is 0 Å². The molecule has 2 heterocycles. The zero-order chi connectivity index (χ0) is 12.6. The van der Waals surface area contributed by atoms with E-state index >= 15 is 0 Å². The predicted molar refractivity (Wildman–Crippen MR) is 73.1 cm³/mol. The van der Waals surface area contributed by atoms with Gasteiger partial charge in [-0.1, -0.05) is 6.92 Å². The molecule has 5 heteroatoms. The molecular formula is C12H20N4S. The fourth-order valence-corrected chi connectivity index (χ4v) is 3.01. The number of rotatable bonds is 2. The van der Waals surface area contributed by atoms with Gasteiger partial charge in [0.1, 0.15) is 0 Å². The largest absolute Gasteiger partial charge is 0.387 e. The Bertz CT molecular complexity index is 410. The number of nitrogens with two attached hydrogens (primary N) is 1. The van der Waals surface area contributed by atoms with Gasteiger partial charge >= 0.3 is 0 Å². The quantitative estimate of drug-likeness (QED) is 0.627. The summed E-state index contributed by atoms with van der Waals surface area (Å²) in [5.41, 5.74) is 6.68. The molecule has 2 rings (SSSR count). The third kappa shape index (κ3) is 2.29. The zero-order valence-electron chi connectivity index (χ0n) is 10.7. The Labute approximate surface area is 106 Å². The Balaban J connectivity index is 2.07. The van der Waals surface area contributed by atoms with Gasteiger partial charge in [0, 0.05) is 23.4 Å². The van der Waals surface area contributed by atoms with Crippen molar-refractivity contribution in [3.05, 3.63) is 10.6 Å². The highest BCUT2D eigenvalue weighted by Crippen LogP contribution is 2.34. The number of aryl methyl sites for hydroxylation is 2. The maximum absolute atomic E-state index is 7.64. The van der Waals surface area contributed by atoms with Gasteiger partial charge in [0.05, 0.1) is 11.5 Å². The number of nitrogens with one attached hydrogen (secondary N) is 1. The second-order valence-corrected chi connectivity index (χ2v) is 6.28. The van der Waals surface area contributed by atoms with E-state index in [0.717, 1.165) is 36.8 Å². The van der Waals surface area contributed by atoms with Crippen molar-refractivity contribution in [1.29, 1.82) is 5.41 Å². The zero-order valence-corrected chi connectivity index (χ0v) is 11.5. The van der Waals surface area contributed by atoms with Gasteiger partial charge in [-0.2, -0.15) is 0 Å². The van der Waals surface area contributed by atoms with Crippen molar-refractivity contribution in [1.82, 2.24) is 4.98 Å². The number of thiazole rings is 1. The van der Waals surface area contributed by atoms with Crippen LogP contribution >= 0.6 is 11.3 Å². The van der Waals surface area contributed by atoms with Crippen molar-refractivity contribution in [3.8, 4) is 0 Å². The number of hydrogen-bond donors (Lipinski definition) is 2. The van der Waals surface area contributed by atoms with E-state index in [4.69, 9.17) is 11.1 Å². The number of anilines is 1. The normalized spacial score (nSPS) is 19.4. The van der Waals surface area contributed by atoms with Crippen LogP contribution in [0.15, 0.2) is 0 Å². The van der Waals surface area contributed by atoms with Gasteiger partial charge in [0.15, 0.2) is 5.13 Å². The first-order valence-electron chi connectivity index (χ1n) is 5.96. The van der Waals surface area contributed by atoms with Crippen molar-refractivity contribution in [3.63, 3.8) is 0 Å². The lowest BCUT2D eigenvalue weighted by molar-refractivity contribution is 0.351. The van der Waals surface area contributed by atoms with Crippen molar-refractivity contribution in [2.45, 2.75) is 33.6 Å². The van der Waals surface area contributed by atoms with E-state index in [1.165, 1.54) is 4.88 Å². The molecule has 1 aliphatic rings. The summed E-state index contributed by atoms with van der Waals surface area (Å²) in [5.74, 6) is 0.323. The van der Waals surface area contributed by atoms with Gasteiger partial charge in [0.2, 0.25) is 0 Å². The summed E-state index contributed by atoms with van der Waals surface area (Å²) < 4.78 is 0. The van der Waals surface area contributed by atoms with Gasteiger partial charge in [-0.25, -0.2) is 4.98 Å². The lowest BCUT2D eigenvalue weighted by Crippen LogP contribution is -2.45.